The summed E-state index contributed by atoms with van der Waals surface area (Å²) in [6, 6.07) is 15.0. The van der Waals surface area contributed by atoms with Crippen molar-refractivity contribution in [2.24, 2.45) is 10.1 Å². The lowest BCUT2D eigenvalue weighted by Crippen LogP contribution is -2.39. The van der Waals surface area contributed by atoms with Crippen LogP contribution >= 0.6 is 24.0 Å². The highest BCUT2D eigenvalue weighted by Gasteiger charge is 2.06. The molecule has 0 spiro atoms. The number of unbranched alkanes of at least 4 members (excludes halogenated alkanes) is 1. The van der Waals surface area contributed by atoms with E-state index in [-0.39, 0.29) is 28.9 Å². The first-order valence-corrected chi connectivity index (χ1v) is 11.1. The molecule has 0 saturated heterocycles. The van der Waals surface area contributed by atoms with Crippen LogP contribution in [0.1, 0.15) is 36.5 Å². The van der Waals surface area contributed by atoms with E-state index in [1.807, 2.05) is 0 Å². The summed E-state index contributed by atoms with van der Waals surface area (Å²) < 4.78 is 22.6. The van der Waals surface area contributed by atoms with Crippen molar-refractivity contribution < 1.29 is 8.42 Å². The molecule has 0 aliphatic heterocycles. The van der Waals surface area contributed by atoms with Crippen LogP contribution in [0.15, 0.2) is 58.4 Å². The van der Waals surface area contributed by atoms with Gasteiger partial charge in [0.25, 0.3) is 0 Å². The van der Waals surface area contributed by atoms with Gasteiger partial charge in [0.2, 0.25) is 10.0 Å². The largest absolute Gasteiger partial charge is 0.356 e. The van der Waals surface area contributed by atoms with Crippen molar-refractivity contribution in [1.82, 2.24) is 10.6 Å². The summed E-state index contributed by atoms with van der Waals surface area (Å²) in [7, 11) is -3.65. The Kier molecular flexibility index (Phi) is 11.2. The minimum absolute atomic E-state index is 0. The second-order valence-electron chi connectivity index (χ2n) is 6.80. The number of rotatable bonds is 9. The minimum Gasteiger partial charge on any atom is -0.356 e. The number of nitrogens with two attached hydrogens (primary N) is 1. The van der Waals surface area contributed by atoms with Gasteiger partial charge in [0.15, 0.2) is 5.96 Å². The number of hydrogen-bond donors (Lipinski definition) is 3. The Morgan fingerprint density at radius 2 is 1.55 bits per heavy atom. The lowest BCUT2D eigenvalue weighted by atomic mass is 10.1. The van der Waals surface area contributed by atoms with Crippen LogP contribution in [0.2, 0.25) is 0 Å². The quantitative estimate of drug-likeness (QED) is 0.201. The van der Waals surface area contributed by atoms with Gasteiger partial charge in [-0.15, -0.1) is 24.0 Å². The second-order valence-corrected chi connectivity index (χ2v) is 8.36. The maximum Gasteiger partial charge on any atom is 0.238 e. The number of aryl methyl sites for hydroxylation is 1. The van der Waals surface area contributed by atoms with Crippen molar-refractivity contribution >= 4 is 40.0 Å². The van der Waals surface area contributed by atoms with Gasteiger partial charge < -0.3 is 10.6 Å². The number of benzene rings is 2. The van der Waals surface area contributed by atoms with Crippen LogP contribution in [0.5, 0.6) is 0 Å². The van der Waals surface area contributed by atoms with E-state index in [9.17, 15) is 8.42 Å². The number of hydrogen-bond acceptors (Lipinski definition) is 3. The molecule has 8 heteroatoms. The molecule has 6 nitrogen and oxygen atoms in total. The van der Waals surface area contributed by atoms with E-state index in [0.717, 1.165) is 37.3 Å². The average molecular weight is 530 g/mol. The van der Waals surface area contributed by atoms with E-state index in [4.69, 9.17) is 5.14 Å². The van der Waals surface area contributed by atoms with Crippen molar-refractivity contribution in [3.63, 3.8) is 0 Å². The number of aliphatic imine (C=N–C) groups is 1. The zero-order valence-corrected chi connectivity index (χ0v) is 20.2. The lowest BCUT2D eigenvalue weighted by molar-refractivity contribution is 0.598. The average Bonchev–Trinajstić information content (AvgIpc) is 2.67. The molecule has 2 rings (SSSR count). The number of nitrogens with zero attached hydrogens (tertiary/aromatic N) is 1. The molecule has 29 heavy (non-hydrogen) atoms. The van der Waals surface area contributed by atoms with E-state index >= 15 is 0 Å². The Balaban J connectivity index is 0.00000420. The van der Waals surface area contributed by atoms with Crippen LogP contribution in [-0.4, -0.2) is 27.5 Å². The maximum absolute atomic E-state index is 11.3. The molecule has 0 aliphatic rings. The van der Waals surface area contributed by atoms with Gasteiger partial charge in [0.05, 0.1) is 11.4 Å². The Bertz CT molecular complexity index is 867. The summed E-state index contributed by atoms with van der Waals surface area (Å²) in [4.78, 5) is 4.80. The van der Waals surface area contributed by atoms with E-state index in [1.165, 1.54) is 23.3 Å². The molecule has 0 aliphatic carbocycles. The third kappa shape index (κ3) is 9.60. The van der Waals surface area contributed by atoms with Crippen LogP contribution in [0.25, 0.3) is 0 Å². The van der Waals surface area contributed by atoms with Crippen LogP contribution in [0, 0.1) is 6.92 Å². The minimum atomic E-state index is -3.65. The van der Waals surface area contributed by atoms with Gasteiger partial charge in [-0.1, -0.05) is 55.3 Å². The van der Waals surface area contributed by atoms with Crippen molar-refractivity contribution in [3.8, 4) is 0 Å². The van der Waals surface area contributed by atoms with Crippen molar-refractivity contribution in [3.05, 3.63) is 65.2 Å². The van der Waals surface area contributed by atoms with Gasteiger partial charge in [0.1, 0.15) is 0 Å². The fourth-order valence-corrected chi connectivity index (χ4v) is 3.11. The zero-order valence-electron chi connectivity index (χ0n) is 17.0. The molecule has 0 heterocycles. The molecule has 160 valence electrons. The highest BCUT2D eigenvalue weighted by molar-refractivity contribution is 14.0. The van der Waals surface area contributed by atoms with Crippen molar-refractivity contribution in [2.75, 3.05) is 13.1 Å². The third-order valence-electron chi connectivity index (χ3n) is 4.32. The van der Waals surface area contributed by atoms with Crippen LogP contribution in [0.3, 0.4) is 0 Å². The monoisotopic (exact) mass is 530 g/mol. The van der Waals surface area contributed by atoms with Gasteiger partial charge >= 0.3 is 0 Å². The standard InChI is InChI=1S/C21H30N4O2S.HI/c1-3-4-14-23-21(25-16-19-7-5-17(2)6-8-19)24-15-13-18-9-11-20(12-10-18)28(22,26)27;/h5-12H,3-4,13-16H2,1-2H3,(H2,22,26,27)(H2,23,24,25);1H. The molecule has 2 aromatic carbocycles. The Hall–Kier alpha value is -1.65. The van der Waals surface area contributed by atoms with Gasteiger partial charge in [-0.05, 0) is 43.0 Å². The van der Waals surface area contributed by atoms with Crippen LogP contribution in [0.4, 0.5) is 0 Å². The predicted molar refractivity (Wildman–Crippen MR) is 130 cm³/mol. The summed E-state index contributed by atoms with van der Waals surface area (Å²) in [5, 5.41) is 11.8. The first-order chi connectivity index (χ1) is 13.4. The lowest BCUT2D eigenvalue weighted by Gasteiger charge is -2.13. The molecule has 0 amide bonds. The molecule has 0 bridgehead atoms. The van der Waals surface area contributed by atoms with Crippen molar-refractivity contribution in [1.29, 1.82) is 0 Å². The smallest absolute Gasteiger partial charge is 0.238 e. The third-order valence-corrected chi connectivity index (χ3v) is 5.25. The number of halogens is 1. The zero-order chi connectivity index (χ0) is 20.4. The Morgan fingerprint density at radius 1 is 0.966 bits per heavy atom. The molecule has 0 unspecified atom stereocenters. The molecule has 0 saturated carbocycles. The molecule has 2 aromatic rings. The molecular formula is C21H31IN4O2S. The van der Waals surface area contributed by atoms with Gasteiger partial charge in [-0.25, -0.2) is 18.5 Å². The van der Waals surface area contributed by atoms with E-state index in [1.54, 1.807) is 12.1 Å². The van der Waals surface area contributed by atoms with E-state index < -0.39 is 10.0 Å². The normalized spacial score (nSPS) is 11.6. The number of nitrogens with one attached hydrogen (secondary N) is 2. The maximum atomic E-state index is 11.3. The Labute approximate surface area is 191 Å². The first kappa shape index (κ1) is 25.4. The fourth-order valence-electron chi connectivity index (χ4n) is 2.59. The van der Waals surface area contributed by atoms with E-state index in [0.29, 0.717) is 13.1 Å². The number of primary sulfonamides is 1. The number of guanidine groups is 1. The molecule has 0 aromatic heterocycles. The molecule has 0 fully saturated rings. The summed E-state index contributed by atoms with van der Waals surface area (Å²) in [6.45, 7) is 6.41. The summed E-state index contributed by atoms with van der Waals surface area (Å²) in [6.07, 6.45) is 2.96. The topological polar surface area (TPSA) is 96.6 Å². The first-order valence-electron chi connectivity index (χ1n) is 9.58. The second kappa shape index (κ2) is 12.8. The fraction of sp³-hybridized carbons (Fsp3) is 0.381. The van der Waals surface area contributed by atoms with Gasteiger partial charge in [0, 0.05) is 13.1 Å². The van der Waals surface area contributed by atoms with Crippen LogP contribution in [-0.2, 0) is 23.0 Å². The molecule has 0 radical (unpaired) electrons. The van der Waals surface area contributed by atoms with Gasteiger partial charge in [-0.2, -0.15) is 0 Å². The number of sulfonamides is 1. The highest BCUT2D eigenvalue weighted by Crippen LogP contribution is 2.09. The molecular weight excluding hydrogens is 499 g/mol. The Morgan fingerprint density at radius 3 is 2.14 bits per heavy atom. The van der Waals surface area contributed by atoms with E-state index in [2.05, 4.69) is 53.7 Å². The summed E-state index contributed by atoms with van der Waals surface area (Å²) >= 11 is 0. The molecule has 4 N–H and O–H groups in total. The predicted octanol–water partition coefficient (Wildman–Crippen LogP) is 3.34. The van der Waals surface area contributed by atoms with Gasteiger partial charge in [-0.3, -0.25) is 0 Å². The summed E-state index contributed by atoms with van der Waals surface area (Å²) in [5.41, 5.74) is 3.44. The summed E-state index contributed by atoms with van der Waals surface area (Å²) in [5.74, 6) is 0.787. The van der Waals surface area contributed by atoms with Crippen molar-refractivity contribution in [2.45, 2.75) is 44.6 Å². The highest BCUT2D eigenvalue weighted by atomic mass is 127. The SMILES string of the molecule is CCCCNC(=NCc1ccc(C)cc1)NCCc1ccc(S(N)(=O)=O)cc1.I. The van der Waals surface area contributed by atoms with Crippen LogP contribution < -0.4 is 15.8 Å². The molecule has 0 atom stereocenters.